The van der Waals surface area contributed by atoms with Crippen LogP contribution in [0.3, 0.4) is 0 Å². The highest BCUT2D eigenvalue weighted by molar-refractivity contribution is 5.67. The van der Waals surface area contributed by atoms with Crippen LogP contribution in [0.2, 0.25) is 0 Å². The second-order valence-corrected chi connectivity index (χ2v) is 4.82. The van der Waals surface area contributed by atoms with Crippen molar-refractivity contribution in [3.63, 3.8) is 0 Å². The maximum Gasteiger partial charge on any atom is 0.305 e. The van der Waals surface area contributed by atoms with E-state index in [2.05, 4.69) is 0 Å². The normalized spacial score (nSPS) is 31.6. The first kappa shape index (κ1) is 17.4. The van der Waals surface area contributed by atoms with E-state index in [1.54, 1.807) is 6.92 Å². The number of hydrogen-bond acceptors (Lipinski definition) is 8. The zero-order valence-electron chi connectivity index (χ0n) is 12.7. The summed E-state index contributed by atoms with van der Waals surface area (Å²) < 4.78 is 26.0. The van der Waals surface area contributed by atoms with Gasteiger partial charge in [-0.3, -0.25) is 14.4 Å². The molecule has 0 bridgehead atoms. The third-order valence-corrected chi connectivity index (χ3v) is 3.20. The van der Waals surface area contributed by atoms with Crippen molar-refractivity contribution in [2.24, 2.45) is 0 Å². The van der Waals surface area contributed by atoms with Crippen LogP contribution < -0.4 is 0 Å². The monoisotopic (exact) mass is 304 g/mol. The standard InChI is InChI=1S/C13H20O8/c1-7(14)18-6-10-13(4,17-5)11(19-8(2)15)12(21-10)20-9(3)16/h10-12H,6H2,1-5H3/t10-,11+,12-,13-/m1/s1. The summed E-state index contributed by atoms with van der Waals surface area (Å²) in [5.41, 5.74) is -1.12. The van der Waals surface area contributed by atoms with E-state index in [1.807, 2.05) is 0 Å². The van der Waals surface area contributed by atoms with Gasteiger partial charge in [0.15, 0.2) is 6.10 Å². The minimum Gasteiger partial charge on any atom is -0.463 e. The largest absolute Gasteiger partial charge is 0.463 e. The SMILES string of the molecule is CO[C@]1(C)[C@@H](COC(C)=O)O[C@@H](OC(C)=O)[C@@H]1OC(C)=O. The fraction of sp³-hybridized carbons (Fsp3) is 0.769. The lowest BCUT2D eigenvalue weighted by molar-refractivity contribution is -0.198. The molecule has 21 heavy (non-hydrogen) atoms. The molecule has 1 fully saturated rings. The average molecular weight is 304 g/mol. The van der Waals surface area contributed by atoms with Crippen LogP contribution >= 0.6 is 0 Å². The van der Waals surface area contributed by atoms with Crippen molar-refractivity contribution in [3.8, 4) is 0 Å². The minimum atomic E-state index is -1.13. The summed E-state index contributed by atoms with van der Waals surface area (Å²) in [7, 11) is 1.40. The summed E-state index contributed by atoms with van der Waals surface area (Å²) in [6, 6.07) is 0. The molecule has 120 valence electrons. The molecular formula is C13H20O8. The number of carbonyl (C=O) groups is 3. The van der Waals surface area contributed by atoms with E-state index in [-0.39, 0.29) is 6.61 Å². The molecule has 1 aliphatic rings. The predicted octanol–water partition coefficient (Wildman–Crippen LogP) is 0.174. The molecular weight excluding hydrogens is 284 g/mol. The predicted molar refractivity (Wildman–Crippen MR) is 68.0 cm³/mol. The van der Waals surface area contributed by atoms with Crippen molar-refractivity contribution >= 4 is 17.9 Å². The van der Waals surface area contributed by atoms with Gasteiger partial charge >= 0.3 is 17.9 Å². The fourth-order valence-corrected chi connectivity index (χ4v) is 2.07. The van der Waals surface area contributed by atoms with E-state index in [1.165, 1.54) is 27.9 Å². The lowest BCUT2D eigenvalue weighted by Crippen LogP contribution is -2.51. The van der Waals surface area contributed by atoms with Crippen LogP contribution in [0.5, 0.6) is 0 Å². The number of carbonyl (C=O) groups excluding carboxylic acids is 3. The van der Waals surface area contributed by atoms with E-state index in [0.29, 0.717) is 0 Å². The van der Waals surface area contributed by atoms with Crippen molar-refractivity contribution in [1.29, 1.82) is 0 Å². The lowest BCUT2D eigenvalue weighted by atomic mass is 9.94. The molecule has 0 aliphatic carbocycles. The molecule has 0 aromatic carbocycles. The summed E-state index contributed by atoms with van der Waals surface area (Å²) in [5, 5.41) is 0. The summed E-state index contributed by atoms with van der Waals surface area (Å²) >= 11 is 0. The van der Waals surface area contributed by atoms with Gasteiger partial charge in [-0.25, -0.2) is 0 Å². The Hall–Kier alpha value is -1.67. The Morgan fingerprint density at radius 3 is 2.05 bits per heavy atom. The lowest BCUT2D eigenvalue weighted by Gasteiger charge is -2.32. The third kappa shape index (κ3) is 4.15. The van der Waals surface area contributed by atoms with Crippen molar-refractivity contribution in [1.82, 2.24) is 0 Å². The number of rotatable bonds is 5. The maximum absolute atomic E-state index is 11.2. The van der Waals surface area contributed by atoms with Gasteiger partial charge in [0.1, 0.15) is 18.3 Å². The molecule has 8 nitrogen and oxygen atoms in total. The van der Waals surface area contributed by atoms with Gasteiger partial charge < -0.3 is 23.7 Å². The average Bonchev–Trinajstić information content (AvgIpc) is 2.61. The van der Waals surface area contributed by atoms with Crippen LogP contribution in [0.4, 0.5) is 0 Å². The second kappa shape index (κ2) is 6.86. The highest BCUT2D eigenvalue weighted by atomic mass is 16.8. The first-order chi connectivity index (χ1) is 9.70. The topological polar surface area (TPSA) is 97.4 Å². The van der Waals surface area contributed by atoms with Crippen molar-refractivity contribution in [2.45, 2.75) is 51.8 Å². The minimum absolute atomic E-state index is 0.116. The Kier molecular flexibility index (Phi) is 5.68. The van der Waals surface area contributed by atoms with E-state index >= 15 is 0 Å². The molecule has 0 spiro atoms. The molecule has 0 aromatic heterocycles. The summed E-state index contributed by atoms with van der Waals surface area (Å²) in [4.78, 5) is 33.3. The molecule has 1 aliphatic heterocycles. The number of esters is 3. The highest BCUT2D eigenvalue weighted by Gasteiger charge is 2.58. The fourth-order valence-electron chi connectivity index (χ4n) is 2.07. The molecule has 1 rings (SSSR count). The van der Waals surface area contributed by atoms with Crippen LogP contribution in [0.1, 0.15) is 27.7 Å². The van der Waals surface area contributed by atoms with Gasteiger partial charge in [-0.1, -0.05) is 0 Å². The van der Waals surface area contributed by atoms with Crippen molar-refractivity contribution in [2.75, 3.05) is 13.7 Å². The zero-order chi connectivity index (χ0) is 16.2. The van der Waals surface area contributed by atoms with E-state index in [9.17, 15) is 14.4 Å². The second-order valence-electron chi connectivity index (χ2n) is 4.82. The molecule has 1 heterocycles. The van der Waals surface area contributed by atoms with Crippen LogP contribution in [-0.4, -0.2) is 55.7 Å². The van der Waals surface area contributed by atoms with Crippen LogP contribution in [0, 0.1) is 0 Å². The van der Waals surface area contributed by atoms with E-state index < -0.39 is 42.0 Å². The molecule has 0 N–H and O–H groups in total. The van der Waals surface area contributed by atoms with Gasteiger partial charge in [0.2, 0.25) is 6.29 Å². The Morgan fingerprint density at radius 2 is 1.62 bits per heavy atom. The number of hydrogen-bond donors (Lipinski definition) is 0. The first-order valence-electron chi connectivity index (χ1n) is 6.39. The molecule has 0 saturated carbocycles. The van der Waals surface area contributed by atoms with Gasteiger partial charge in [0.05, 0.1) is 0 Å². The molecule has 0 radical (unpaired) electrons. The smallest absolute Gasteiger partial charge is 0.305 e. The Labute approximate surface area is 122 Å². The third-order valence-electron chi connectivity index (χ3n) is 3.20. The van der Waals surface area contributed by atoms with E-state index in [4.69, 9.17) is 23.7 Å². The quantitative estimate of drug-likeness (QED) is 0.524. The van der Waals surface area contributed by atoms with Gasteiger partial charge in [0, 0.05) is 27.9 Å². The van der Waals surface area contributed by atoms with Crippen LogP contribution in [0.25, 0.3) is 0 Å². The molecule has 1 saturated heterocycles. The molecule has 0 amide bonds. The van der Waals surface area contributed by atoms with Gasteiger partial charge in [-0.2, -0.15) is 0 Å². The number of ether oxygens (including phenoxy) is 5. The first-order valence-corrected chi connectivity index (χ1v) is 6.39. The Morgan fingerprint density at radius 1 is 1.05 bits per heavy atom. The number of methoxy groups -OCH3 is 1. The van der Waals surface area contributed by atoms with Gasteiger partial charge in [0.25, 0.3) is 0 Å². The van der Waals surface area contributed by atoms with Crippen LogP contribution in [-0.2, 0) is 38.1 Å². The summed E-state index contributed by atoms with van der Waals surface area (Å²) in [6.45, 7) is 5.19. The van der Waals surface area contributed by atoms with E-state index in [0.717, 1.165) is 0 Å². The molecule has 4 atom stereocenters. The maximum atomic E-state index is 11.2. The van der Waals surface area contributed by atoms with Crippen LogP contribution in [0.15, 0.2) is 0 Å². The van der Waals surface area contributed by atoms with Gasteiger partial charge in [-0.05, 0) is 6.92 Å². The highest BCUT2D eigenvalue weighted by Crippen LogP contribution is 2.37. The molecule has 0 unspecified atom stereocenters. The Balaban J connectivity index is 2.97. The molecule has 0 aromatic rings. The van der Waals surface area contributed by atoms with Crippen molar-refractivity contribution < 1.29 is 38.1 Å². The Bertz CT molecular complexity index is 420. The van der Waals surface area contributed by atoms with Crippen molar-refractivity contribution in [3.05, 3.63) is 0 Å². The summed E-state index contributed by atoms with van der Waals surface area (Å²) in [6.07, 6.45) is -2.85. The molecule has 8 heteroatoms. The van der Waals surface area contributed by atoms with Gasteiger partial charge in [-0.15, -0.1) is 0 Å². The zero-order valence-corrected chi connectivity index (χ0v) is 12.7. The summed E-state index contributed by atoms with van der Waals surface area (Å²) in [5.74, 6) is -1.65.